The van der Waals surface area contributed by atoms with Crippen molar-refractivity contribution in [2.24, 2.45) is 0 Å². The van der Waals surface area contributed by atoms with Crippen LogP contribution in [-0.2, 0) is 13.3 Å². The van der Waals surface area contributed by atoms with Crippen molar-refractivity contribution in [2.75, 3.05) is 0 Å². The first-order valence-corrected chi connectivity index (χ1v) is 7.35. The molecule has 0 aromatic heterocycles. The summed E-state index contributed by atoms with van der Waals surface area (Å²) in [6.45, 7) is 0. The van der Waals surface area contributed by atoms with Crippen LogP contribution in [0.3, 0.4) is 0 Å². The Morgan fingerprint density at radius 2 is 0.517 bits per heavy atom. The lowest BCUT2D eigenvalue weighted by Gasteiger charge is -2.38. The normalized spacial score (nSPS) is 16.3. The minimum absolute atomic E-state index is 1.57. The Morgan fingerprint density at radius 1 is 0.345 bits per heavy atom. The summed E-state index contributed by atoms with van der Waals surface area (Å²) in [6, 6.07) is 0. The zero-order valence-electron chi connectivity index (χ0n) is 12.0. The molecule has 0 N–H and O–H groups in total. The second-order valence-electron chi connectivity index (χ2n) is 4.40. The van der Waals surface area contributed by atoms with Gasteiger partial charge in [0, 0.05) is 0 Å². The van der Waals surface area contributed by atoms with Crippen LogP contribution in [0.5, 0.6) is 0 Å². The van der Waals surface area contributed by atoms with Crippen molar-refractivity contribution in [2.45, 2.75) is 42.7 Å². The number of hydrogen-bond donors (Lipinski definition) is 0. The number of alkyl halides is 18. The van der Waals surface area contributed by atoms with E-state index in [0.717, 1.165) is 0 Å². The molecule has 0 aliphatic rings. The van der Waals surface area contributed by atoms with Crippen molar-refractivity contribution >= 4 is 8.80 Å². The van der Waals surface area contributed by atoms with E-state index in [-0.39, 0.29) is 0 Å². The highest BCUT2D eigenvalue weighted by molar-refractivity contribution is 6.63. The molecule has 0 bridgehead atoms. The van der Waals surface area contributed by atoms with Gasteiger partial charge in [-0.2, -0.15) is 79.0 Å². The van der Waals surface area contributed by atoms with Crippen LogP contribution >= 0.6 is 0 Å². The lowest BCUT2D eigenvalue weighted by Crippen LogP contribution is -2.70. The summed E-state index contributed by atoms with van der Waals surface area (Å²) in [5.41, 5.74) is 0. The Morgan fingerprint density at radius 3 is 0.621 bits per heavy atom. The van der Waals surface area contributed by atoms with Gasteiger partial charge in [0.25, 0.3) is 0 Å². The maximum absolute atomic E-state index is 12.7. The molecular formula is C7F18O3Si. The van der Waals surface area contributed by atoms with Gasteiger partial charge in [-0.15, -0.1) is 0 Å². The van der Waals surface area contributed by atoms with Crippen molar-refractivity contribution in [1.29, 1.82) is 0 Å². The highest BCUT2D eigenvalue weighted by atomic mass is 28.4. The van der Waals surface area contributed by atoms with Crippen LogP contribution in [0.4, 0.5) is 79.0 Å². The fourth-order valence-electron chi connectivity index (χ4n) is 0.916. The first kappa shape index (κ1) is 27.8. The summed E-state index contributed by atoms with van der Waals surface area (Å²) in [6.07, 6.45) is -45.0. The van der Waals surface area contributed by atoms with Gasteiger partial charge >= 0.3 is 51.5 Å². The van der Waals surface area contributed by atoms with Crippen LogP contribution in [0.1, 0.15) is 0 Å². The molecule has 0 aromatic carbocycles. The topological polar surface area (TPSA) is 27.7 Å². The van der Waals surface area contributed by atoms with E-state index in [0.29, 0.717) is 0 Å². The third kappa shape index (κ3) is 5.93. The molecule has 0 rings (SSSR count). The predicted octanol–water partition coefficient (Wildman–Crippen LogP) is 5.54. The van der Waals surface area contributed by atoms with Crippen LogP contribution in [0, 0.1) is 0 Å². The van der Waals surface area contributed by atoms with Gasteiger partial charge in [-0.1, -0.05) is 0 Å². The minimum atomic E-state index is -9.64. The lowest BCUT2D eigenvalue weighted by atomic mass is 10.6. The van der Waals surface area contributed by atoms with E-state index in [9.17, 15) is 79.0 Å². The molecular weight excluding hydrogens is 502 g/mol. The van der Waals surface area contributed by atoms with E-state index in [4.69, 9.17) is 0 Å². The second-order valence-corrected chi connectivity index (χ2v) is 6.70. The fourth-order valence-corrected chi connectivity index (χ4v) is 2.75. The maximum Gasteiger partial charge on any atom is 0.629 e. The van der Waals surface area contributed by atoms with Gasteiger partial charge in [0.15, 0.2) is 0 Å². The average Bonchev–Trinajstić information content (AvgIpc) is 2.30. The molecule has 0 aliphatic heterocycles. The lowest BCUT2D eigenvalue weighted by molar-refractivity contribution is -0.431. The molecule has 0 unspecified atom stereocenters. The quantitative estimate of drug-likeness (QED) is 0.353. The monoisotopic (exact) mass is 502 g/mol. The van der Waals surface area contributed by atoms with Gasteiger partial charge < -0.3 is 13.3 Å². The summed E-state index contributed by atoms with van der Waals surface area (Å²) < 4.78 is 226. The third-order valence-electron chi connectivity index (χ3n) is 2.12. The van der Waals surface area contributed by atoms with E-state index in [1.165, 1.54) is 0 Å². The maximum atomic E-state index is 12.7. The zero-order chi connectivity index (χ0) is 24.1. The predicted molar refractivity (Wildman–Crippen MR) is 48.1 cm³/mol. The Labute approximate surface area is 145 Å². The third-order valence-corrected chi connectivity index (χ3v) is 4.39. The van der Waals surface area contributed by atoms with Crippen LogP contribution in [0.25, 0.3) is 0 Å². The molecule has 29 heavy (non-hydrogen) atoms. The summed E-state index contributed by atoms with van der Waals surface area (Å²) >= 11 is 0. The molecule has 0 radical (unpaired) electrons. The van der Waals surface area contributed by atoms with Gasteiger partial charge in [0.05, 0.1) is 0 Å². The number of halogens is 18. The molecule has 22 heteroatoms. The van der Waals surface area contributed by atoms with E-state index in [2.05, 4.69) is 0 Å². The van der Waals surface area contributed by atoms with Gasteiger partial charge in [0.2, 0.25) is 0 Å². The number of rotatable bonds is 6. The van der Waals surface area contributed by atoms with Crippen LogP contribution in [0.2, 0.25) is 0 Å². The van der Waals surface area contributed by atoms with Gasteiger partial charge in [-0.05, 0) is 0 Å². The Bertz CT molecular complexity index is 499. The highest BCUT2D eigenvalue weighted by Crippen LogP contribution is 2.51. The van der Waals surface area contributed by atoms with Crippen LogP contribution < -0.4 is 0 Å². The first-order chi connectivity index (χ1) is 12.1. The van der Waals surface area contributed by atoms with Gasteiger partial charge in [0.1, 0.15) is 0 Å². The van der Waals surface area contributed by atoms with Crippen molar-refractivity contribution in [3.8, 4) is 0 Å². The average molecular weight is 502 g/mol. The van der Waals surface area contributed by atoms with Gasteiger partial charge in [-0.25, -0.2) is 0 Å². The smallest absolute Gasteiger partial charge is 0.300 e. The molecule has 0 spiro atoms. The van der Waals surface area contributed by atoms with Crippen molar-refractivity contribution in [1.82, 2.24) is 0 Å². The molecule has 0 amide bonds. The molecule has 0 saturated heterocycles. The largest absolute Gasteiger partial charge is 0.629 e. The molecule has 0 saturated carbocycles. The highest BCUT2D eigenvalue weighted by Gasteiger charge is 2.83. The van der Waals surface area contributed by atoms with Crippen molar-refractivity contribution in [3.05, 3.63) is 0 Å². The van der Waals surface area contributed by atoms with Crippen molar-refractivity contribution in [3.63, 3.8) is 0 Å². The Hall–Kier alpha value is -1.16. The van der Waals surface area contributed by atoms with Gasteiger partial charge in [-0.3, -0.25) is 0 Å². The van der Waals surface area contributed by atoms with E-state index >= 15 is 0 Å². The Kier molecular flexibility index (Phi) is 6.92. The Balaban J connectivity index is 6.80. The molecule has 176 valence electrons. The van der Waals surface area contributed by atoms with Crippen LogP contribution in [0.15, 0.2) is 0 Å². The fraction of sp³-hybridized carbons (Fsp3) is 1.00. The van der Waals surface area contributed by atoms with E-state index < -0.39 is 51.5 Å². The molecule has 0 atom stereocenters. The zero-order valence-corrected chi connectivity index (χ0v) is 13.0. The standard InChI is InChI=1S/C7F18O3Si/c8-1(9,10)4(17,18)26-29(7(23,24)25,27-5(19,20)2(11,12)13)28-6(21,22)3(14,15)16. The van der Waals surface area contributed by atoms with E-state index in [1.807, 2.05) is 0 Å². The SMILES string of the molecule is FC(F)(F)C(F)(F)O[Si](OC(F)(F)C(F)(F)F)(OC(F)(F)C(F)(F)F)C(F)(F)F. The molecule has 3 nitrogen and oxygen atoms in total. The summed E-state index contributed by atoms with van der Waals surface area (Å²) in [4.78, 5) is 0. The van der Waals surface area contributed by atoms with E-state index in [1.54, 1.807) is 13.3 Å². The number of hydrogen-bond acceptors (Lipinski definition) is 3. The molecule has 0 aromatic rings. The van der Waals surface area contributed by atoms with Crippen molar-refractivity contribution < 1.29 is 92.3 Å². The molecule has 0 fully saturated rings. The molecule has 0 aliphatic carbocycles. The minimum Gasteiger partial charge on any atom is -0.300 e. The summed E-state index contributed by atoms with van der Waals surface area (Å²) in [5.74, 6) is -7.73. The van der Waals surface area contributed by atoms with Crippen LogP contribution in [-0.4, -0.2) is 51.5 Å². The second kappa shape index (κ2) is 7.21. The summed E-state index contributed by atoms with van der Waals surface area (Å²) in [7, 11) is -9.64. The summed E-state index contributed by atoms with van der Waals surface area (Å²) in [5, 5.41) is 0. The first-order valence-electron chi connectivity index (χ1n) is 5.63. The molecule has 0 heterocycles.